The molecule has 2 aromatic carbocycles. The molecule has 0 spiro atoms. The number of carbonyl (C=O) groups is 1. The summed E-state index contributed by atoms with van der Waals surface area (Å²) >= 11 is 0. The number of hydrogen-bond acceptors (Lipinski definition) is 4. The third-order valence-corrected chi connectivity index (χ3v) is 6.04. The van der Waals surface area contributed by atoms with Gasteiger partial charge in [0.2, 0.25) is 10.0 Å². The molecule has 30 heavy (non-hydrogen) atoms. The molecule has 0 atom stereocenters. The van der Waals surface area contributed by atoms with Crippen LogP contribution in [-0.2, 0) is 16.4 Å². The lowest BCUT2D eigenvalue weighted by molar-refractivity contribution is 0.0638. The van der Waals surface area contributed by atoms with Gasteiger partial charge in [0.25, 0.3) is 5.91 Å². The molecule has 2 heterocycles. The number of rotatable bonds is 6. The number of aromatic nitrogens is 1. The highest BCUT2D eigenvalue weighted by atomic mass is 32.2. The summed E-state index contributed by atoms with van der Waals surface area (Å²) in [6, 6.07) is 15.2. The summed E-state index contributed by atoms with van der Waals surface area (Å²) in [5.41, 5.74) is 3.51. The number of sulfonamides is 1. The summed E-state index contributed by atoms with van der Waals surface area (Å²) in [7, 11) is -3.25. The highest BCUT2D eigenvalue weighted by Crippen LogP contribution is 2.17. The zero-order chi connectivity index (χ0) is 21.1. The van der Waals surface area contributed by atoms with Crippen LogP contribution in [0.25, 0.3) is 10.9 Å². The first-order valence-electron chi connectivity index (χ1n) is 10.0. The van der Waals surface area contributed by atoms with Gasteiger partial charge in [-0.3, -0.25) is 14.4 Å². The van der Waals surface area contributed by atoms with E-state index in [4.69, 9.17) is 0 Å². The zero-order valence-electron chi connectivity index (χ0n) is 17.0. The average Bonchev–Trinajstić information content (AvgIpc) is 3.20. The number of amides is 1. The molecule has 158 valence electrons. The summed E-state index contributed by atoms with van der Waals surface area (Å²) in [4.78, 5) is 20.3. The topological polar surface area (TPSA) is 85.5 Å². The molecular weight excluding hydrogens is 400 g/mol. The van der Waals surface area contributed by atoms with Gasteiger partial charge in [-0.15, -0.1) is 0 Å². The SMILES string of the molecule is CS(=O)(=O)Nc1ccc(CCN2CCN(C(=O)c3ccc4[nH]ccc4c3)CC2)cc1. The molecule has 2 N–H and O–H groups in total. The first kappa shape index (κ1) is 20.4. The van der Waals surface area contributed by atoms with Crippen molar-refractivity contribution in [3.63, 3.8) is 0 Å². The van der Waals surface area contributed by atoms with Gasteiger partial charge in [-0.1, -0.05) is 12.1 Å². The van der Waals surface area contributed by atoms with Gasteiger partial charge in [0.1, 0.15) is 0 Å². The minimum Gasteiger partial charge on any atom is -0.361 e. The number of aromatic amines is 1. The van der Waals surface area contributed by atoms with Crippen LogP contribution in [0.3, 0.4) is 0 Å². The van der Waals surface area contributed by atoms with Crippen LogP contribution in [0.2, 0.25) is 0 Å². The number of nitrogens with zero attached hydrogens (tertiary/aromatic N) is 2. The van der Waals surface area contributed by atoms with Crippen molar-refractivity contribution in [1.29, 1.82) is 0 Å². The largest absolute Gasteiger partial charge is 0.361 e. The van der Waals surface area contributed by atoms with Crippen molar-refractivity contribution in [2.75, 3.05) is 43.7 Å². The van der Waals surface area contributed by atoms with E-state index in [9.17, 15) is 13.2 Å². The molecule has 1 fully saturated rings. The average molecular weight is 427 g/mol. The van der Waals surface area contributed by atoms with E-state index in [2.05, 4.69) is 14.6 Å². The summed E-state index contributed by atoms with van der Waals surface area (Å²) in [5.74, 6) is 0.0896. The lowest BCUT2D eigenvalue weighted by Crippen LogP contribution is -2.49. The Hall–Kier alpha value is -2.84. The number of H-pyrrole nitrogens is 1. The molecule has 3 aromatic rings. The Morgan fingerprint density at radius 3 is 2.47 bits per heavy atom. The van der Waals surface area contributed by atoms with Crippen LogP contribution in [0.1, 0.15) is 15.9 Å². The van der Waals surface area contributed by atoms with Crippen LogP contribution in [0.15, 0.2) is 54.7 Å². The molecule has 0 aliphatic carbocycles. The predicted octanol–water partition coefficient (Wildman–Crippen LogP) is 2.54. The number of piperazine rings is 1. The predicted molar refractivity (Wildman–Crippen MR) is 119 cm³/mol. The zero-order valence-corrected chi connectivity index (χ0v) is 17.8. The second-order valence-electron chi connectivity index (χ2n) is 7.73. The van der Waals surface area contributed by atoms with E-state index in [1.807, 2.05) is 47.5 Å². The molecule has 1 aliphatic rings. The minimum absolute atomic E-state index is 0.0896. The highest BCUT2D eigenvalue weighted by molar-refractivity contribution is 7.92. The second-order valence-corrected chi connectivity index (χ2v) is 9.48. The first-order chi connectivity index (χ1) is 14.4. The second kappa shape index (κ2) is 8.49. The molecule has 1 amide bonds. The van der Waals surface area contributed by atoms with Crippen molar-refractivity contribution in [3.8, 4) is 0 Å². The van der Waals surface area contributed by atoms with E-state index in [0.717, 1.165) is 67.4 Å². The van der Waals surface area contributed by atoms with Gasteiger partial charge in [-0.25, -0.2) is 8.42 Å². The molecule has 0 bridgehead atoms. The van der Waals surface area contributed by atoms with E-state index in [1.165, 1.54) is 0 Å². The monoisotopic (exact) mass is 426 g/mol. The van der Waals surface area contributed by atoms with Crippen molar-refractivity contribution in [2.45, 2.75) is 6.42 Å². The van der Waals surface area contributed by atoms with E-state index >= 15 is 0 Å². The third kappa shape index (κ3) is 5.01. The van der Waals surface area contributed by atoms with E-state index in [1.54, 1.807) is 12.1 Å². The van der Waals surface area contributed by atoms with Gasteiger partial charge in [0.05, 0.1) is 6.26 Å². The Morgan fingerprint density at radius 2 is 1.77 bits per heavy atom. The van der Waals surface area contributed by atoms with Crippen LogP contribution in [0.4, 0.5) is 5.69 Å². The van der Waals surface area contributed by atoms with Gasteiger partial charge in [0, 0.05) is 61.1 Å². The molecule has 0 unspecified atom stereocenters. The lowest BCUT2D eigenvalue weighted by Gasteiger charge is -2.34. The Morgan fingerprint density at radius 1 is 1.03 bits per heavy atom. The van der Waals surface area contributed by atoms with Crippen molar-refractivity contribution in [3.05, 3.63) is 65.9 Å². The number of benzene rings is 2. The molecule has 1 saturated heterocycles. The van der Waals surface area contributed by atoms with Gasteiger partial charge >= 0.3 is 0 Å². The van der Waals surface area contributed by atoms with Gasteiger partial charge in [-0.2, -0.15) is 0 Å². The summed E-state index contributed by atoms with van der Waals surface area (Å²) in [5, 5.41) is 1.05. The van der Waals surface area contributed by atoms with Gasteiger partial charge < -0.3 is 9.88 Å². The Bertz CT molecular complexity index is 1130. The third-order valence-electron chi connectivity index (χ3n) is 5.43. The minimum atomic E-state index is -3.25. The fourth-order valence-electron chi connectivity index (χ4n) is 3.78. The molecule has 0 radical (unpaired) electrons. The molecule has 8 heteroatoms. The molecule has 1 aliphatic heterocycles. The normalized spacial score (nSPS) is 15.4. The first-order valence-corrected chi connectivity index (χ1v) is 11.9. The number of carbonyl (C=O) groups excluding carboxylic acids is 1. The van der Waals surface area contributed by atoms with E-state index < -0.39 is 10.0 Å². The van der Waals surface area contributed by atoms with Crippen molar-refractivity contribution in [1.82, 2.24) is 14.8 Å². The van der Waals surface area contributed by atoms with Gasteiger partial charge in [-0.05, 0) is 48.4 Å². The number of nitrogens with one attached hydrogen (secondary N) is 2. The van der Waals surface area contributed by atoms with E-state index in [-0.39, 0.29) is 5.91 Å². The number of anilines is 1. The lowest BCUT2D eigenvalue weighted by atomic mass is 10.1. The van der Waals surface area contributed by atoms with Crippen LogP contribution < -0.4 is 4.72 Å². The molecule has 0 saturated carbocycles. The number of hydrogen-bond donors (Lipinski definition) is 2. The highest BCUT2D eigenvalue weighted by Gasteiger charge is 2.22. The van der Waals surface area contributed by atoms with Crippen LogP contribution in [0.5, 0.6) is 0 Å². The summed E-state index contributed by atoms with van der Waals surface area (Å²) < 4.78 is 25.0. The van der Waals surface area contributed by atoms with Crippen LogP contribution in [-0.4, -0.2) is 68.1 Å². The van der Waals surface area contributed by atoms with Crippen LogP contribution in [0, 0.1) is 0 Å². The molecule has 1 aromatic heterocycles. The van der Waals surface area contributed by atoms with Crippen molar-refractivity contribution >= 4 is 32.5 Å². The maximum atomic E-state index is 12.8. The summed E-state index contributed by atoms with van der Waals surface area (Å²) in [6.07, 6.45) is 3.91. The number of fused-ring (bicyclic) bond motifs is 1. The Balaban J connectivity index is 1.26. The standard InChI is InChI=1S/C22H26N4O3S/c1-30(28,29)24-20-5-2-17(3-6-20)9-11-25-12-14-26(15-13-25)22(27)19-4-7-21-18(16-19)8-10-23-21/h2-8,10,16,23-24H,9,11-15H2,1H3. The van der Waals surface area contributed by atoms with Crippen molar-refractivity contribution < 1.29 is 13.2 Å². The van der Waals surface area contributed by atoms with Crippen LogP contribution >= 0.6 is 0 Å². The van der Waals surface area contributed by atoms with Crippen molar-refractivity contribution in [2.24, 2.45) is 0 Å². The Labute approximate surface area is 176 Å². The maximum absolute atomic E-state index is 12.8. The maximum Gasteiger partial charge on any atom is 0.253 e. The van der Waals surface area contributed by atoms with Gasteiger partial charge in [0.15, 0.2) is 0 Å². The molecular formula is C22H26N4O3S. The molecule has 4 rings (SSSR count). The molecule has 7 nitrogen and oxygen atoms in total. The Kier molecular flexibility index (Phi) is 5.78. The fraction of sp³-hybridized carbons (Fsp3) is 0.318. The van der Waals surface area contributed by atoms with E-state index in [0.29, 0.717) is 5.69 Å². The summed E-state index contributed by atoms with van der Waals surface area (Å²) in [6.45, 7) is 4.07. The fourth-order valence-corrected chi connectivity index (χ4v) is 4.35. The quantitative estimate of drug-likeness (QED) is 0.634. The smallest absolute Gasteiger partial charge is 0.253 e.